The van der Waals surface area contributed by atoms with E-state index in [0.717, 1.165) is 5.69 Å². The maximum absolute atomic E-state index is 10.8. The van der Waals surface area contributed by atoms with Crippen LogP contribution in [-0.4, -0.2) is 35.2 Å². The maximum atomic E-state index is 10.8. The fourth-order valence-electron chi connectivity index (χ4n) is 1.18. The zero-order chi connectivity index (χ0) is 11.4. The molecule has 0 bridgehead atoms. The number of carbonyl (C=O) groups is 1. The van der Waals surface area contributed by atoms with Crippen LogP contribution in [0.5, 0.6) is 0 Å². The van der Waals surface area contributed by atoms with Crippen LogP contribution in [0.25, 0.3) is 0 Å². The maximum Gasteiger partial charge on any atom is 0.335 e. The van der Waals surface area contributed by atoms with Gasteiger partial charge in [-0.05, 0) is 18.6 Å². The summed E-state index contributed by atoms with van der Waals surface area (Å²) in [6, 6.07) is 3.10. The van der Waals surface area contributed by atoms with Gasteiger partial charge < -0.3 is 10.5 Å². The molecule has 0 atom stereocenters. The molecule has 1 heterocycles. The number of carboxylic acids is 1. The lowest BCUT2D eigenvalue weighted by molar-refractivity contribution is 0.0696. The number of aromatic nitrogens is 1. The largest absolute Gasteiger partial charge is 0.478 e. The summed E-state index contributed by atoms with van der Waals surface area (Å²) in [5, 5.41) is 10.6. The molecule has 5 heteroatoms. The molecule has 0 saturated carbocycles. The quantitative estimate of drug-likeness (QED) is 0.730. The van der Waals surface area contributed by atoms with Crippen molar-refractivity contribution in [2.24, 2.45) is 0 Å². The van der Waals surface area contributed by atoms with Gasteiger partial charge in [0.1, 0.15) is 5.82 Å². The molecule has 0 saturated heterocycles. The summed E-state index contributed by atoms with van der Waals surface area (Å²) in [6.45, 7) is 1.94. The fraction of sp³-hybridized carbons (Fsp3) is 0.400. The molecule has 0 fully saturated rings. The molecular formula is C10H15N3O2. The van der Waals surface area contributed by atoms with E-state index in [0.29, 0.717) is 12.2 Å². The number of pyridine rings is 1. The molecule has 0 amide bonds. The Balaban J connectivity index is 3.05. The van der Waals surface area contributed by atoms with Crippen molar-refractivity contribution < 1.29 is 9.90 Å². The predicted molar refractivity (Wildman–Crippen MR) is 57.9 cm³/mol. The third-order valence-corrected chi connectivity index (χ3v) is 1.83. The number of hydrogen-bond acceptors (Lipinski definition) is 4. The Morgan fingerprint density at radius 1 is 1.53 bits per heavy atom. The van der Waals surface area contributed by atoms with Gasteiger partial charge in [0.2, 0.25) is 0 Å². The second-order valence-electron chi connectivity index (χ2n) is 3.40. The summed E-state index contributed by atoms with van der Waals surface area (Å²) in [5.41, 5.74) is 3.95. The van der Waals surface area contributed by atoms with Gasteiger partial charge in [0, 0.05) is 19.8 Å². The van der Waals surface area contributed by atoms with E-state index in [1.807, 2.05) is 21.0 Å². The van der Waals surface area contributed by atoms with Gasteiger partial charge in [-0.2, -0.15) is 0 Å². The summed E-state index contributed by atoms with van der Waals surface area (Å²) < 4.78 is 0. The molecule has 1 aromatic rings. The van der Waals surface area contributed by atoms with Gasteiger partial charge in [-0.15, -0.1) is 0 Å². The highest BCUT2D eigenvalue weighted by atomic mass is 16.4. The summed E-state index contributed by atoms with van der Waals surface area (Å²) in [5.74, 6) is -0.384. The van der Waals surface area contributed by atoms with Crippen LogP contribution in [0.15, 0.2) is 12.1 Å². The van der Waals surface area contributed by atoms with Crippen LogP contribution < -0.4 is 5.43 Å². The van der Waals surface area contributed by atoms with Gasteiger partial charge in [-0.3, -0.25) is 0 Å². The smallest absolute Gasteiger partial charge is 0.335 e. The number of aryl methyl sites for hydroxylation is 1. The van der Waals surface area contributed by atoms with Crippen molar-refractivity contribution in [3.05, 3.63) is 23.4 Å². The zero-order valence-corrected chi connectivity index (χ0v) is 9.11. The highest BCUT2D eigenvalue weighted by molar-refractivity contribution is 5.88. The third-order valence-electron chi connectivity index (χ3n) is 1.83. The fourth-order valence-corrected chi connectivity index (χ4v) is 1.18. The molecule has 0 radical (unpaired) electrons. The normalized spacial score (nSPS) is 10.4. The third kappa shape index (κ3) is 3.21. The zero-order valence-electron chi connectivity index (χ0n) is 9.11. The van der Waals surface area contributed by atoms with Gasteiger partial charge in [0.15, 0.2) is 0 Å². The summed E-state index contributed by atoms with van der Waals surface area (Å²) >= 11 is 0. The molecule has 1 aromatic heterocycles. The van der Waals surface area contributed by atoms with Gasteiger partial charge >= 0.3 is 5.97 Å². The van der Waals surface area contributed by atoms with Crippen LogP contribution >= 0.6 is 0 Å². The second kappa shape index (κ2) is 4.75. The van der Waals surface area contributed by atoms with Crippen molar-refractivity contribution in [2.75, 3.05) is 19.5 Å². The first-order valence-electron chi connectivity index (χ1n) is 4.71. The number of nitrogens with zero attached hydrogens (tertiary/aromatic N) is 2. The van der Waals surface area contributed by atoms with Crippen molar-refractivity contribution in [3.63, 3.8) is 0 Å². The Hall–Kier alpha value is -1.62. The minimum Gasteiger partial charge on any atom is -0.478 e. The Morgan fingerprint density at radius 2 is 2.20 bits per heavy atom. The van der Waals surface area contributed by atoms with E-state index in [1.54, 1.807) is 11.1 Å². The van der Waals surface area contributed by atoms with Crippen LogP contribution in [0.4, 0.5) is 5.82 Å². The first-order chi connectivity index (χ1) is 7.02. The van der Waals surface area contributed by atoms with Crippen molar-refractivity contribution in [2.45, 2.75) is 13.3 Å². The highest BCUT2D eigenvalue weighted by Gasteiger charge is 2.07. The lowest BCUT2D eigenvalue weighted by Crippen LogP contribution is -2.21. The number of aromatic carboxylic acids is 1. The molecule has 5 nitrogen and oxygen atoms in total. The molecule has 2 N–H and O–H groups in total. The van der Waals surface area contributed by atoms with Crippen LogP contribution in [0.3, 0.4) is 0 Å². The molecule has 0 aromatic carbocycles. The number of anilines is 1. The minimum absolute atomic E-state index is 0.256. The van der Waals surface area contributed by atoms with Crippen LogP contribution in [0, 0.1) is 0 Å². The molecule has 0 aliphatic rings. The Bertz CT molecular complexity index is 364. The van der Waals surface area contributed by atoms with Crippen LogP contribution in [0.2, 0.25) is 0 Å². The molecule has 0 unspecified atom stereocenters. The van der Waals surface area contributed by atoms with E-state index in [9.17, 15) is 4.79 Å². The summed E-state index contributed by atoms with van der Waals surface area (Å²) in [7, 11) is 3.64. The highest BCUT2D eigenvalue weighted by Crippen LogP contribution is 2.11. The van der Waals surface area contributed by atoms with Crippen LogP contribution in [-0.2, 0) is 6.42 Å². The Kier molecular flexibility index (Phi) is 3.62. The van der Waals surface area contributed by atoms with E-state index in [-0.39, 0.29) is 5.56 Å². The molecular weight excluding hydrogens is 194 g/mol. The number of hydrogen-bond donors (Lipinski definition) is 2. The SMILES string of the molecule is CCc1cc(C(=O)O)cc(NN(C)C)n1. The lowest BCUT2D eigenvalue weighted by atomic mass is 10.2. The number of hydrazine groups is 1. The predicted octanol–water partition coefficient (Wildman–Crippen LogP) is 1.23. The number of carboxylic acid groups (broad SMARTS) is 1. The standard InChI is InChI=1S/C10H15N3O2/c1-4-8-5-7(10(14)15)6-9(11-8)12-13(2)3/h5-6H,4H2,1-3H3,(H,11,12)(H,14,15). The molecule has 1 rings (SSSR count). The van der Waals surface area contributed by atoms with Gasteiger partial charge in [-0.25, -0.2) is 14.8 Å². The van der Waals surface area contributed by atoms with Gasteiger partial charge in [0.25, 0.3) is 0 Å². The lowest BCUT2D eigenvalue weighted by Gasteiger charge is -2.13. The average Bonchev–Trinajstić information content (AvgIpc) is 2.16. The van der Waals surface area contributed by atoms with Crippen molar-refractivity contribution in [1.29, 1.82) is 0 Å². The Labute approximate surface area is 88.7 Å². The van der Waals surface area contributed by atoms with Crippen molar-refractivity contribution in [3.8, 4) is 0 Å². The van der Waals surface area contributed by atoms with E-state index in [2.05, 4.69) is 10.4 Å². The van der Waals surface area contributed by atoms with E-state index in [1.165, 1.54) is 6.07 Å². The number of rotatable bonds is 4. The molecule has 0 aliphatic carbocycles. The van der Waals surface area contributed by atoms with Crippen molar-refractivity contribution in [1.82, 2.24) is 9.99 Å². The van der Waals surface area contributed by atoms with Gasteiger partial charge in [0.05, 0.1) is 5.56 Å². The molecule has 0 spiro atoms. The Morgan fingerprint density at radius 3 is 2.67 bits per heavy atom. The average molecular weight is 209 g/mol. The molecule has 0 aliphatic heterocycles. The summed E-state index contributed by atoms with van der Waals surface area (Å²) in [4.78, 5) is 15.1. The van der Waals surface area contributed by atoms with Crippen LogP contribution in [0.1, 0.15) is 23.0 Å². The second-order valence-corrected chi connectivity index (χ2v) is 3.40. The monoisotopic (exact) mass is 209 g/mol. The molecule has 82 valence electrons. The summed E-state index contributed by atoms with van der Waals surface area (Å²) in [6.07, 6.45) is 0.712. The topological polar surface area (TPSA) is 65.5 Å². The van der Waals surface area contributed by atoms with Crippen molar-refractivity contribution >= 4 is 11.8 Å². The van der Waals surface area contributed by atoms with E-state index >= 15 is 0 Å². The molecule has 15 heavy (non-hydrogen) atoms. The first kappa shape index (κ1) is 11.5. The minimum atomic E-state index is -0.936. The first-order valence-corrected chi connectivity index (χ1v) is 4.71. The van der Waals surface area contributed by atoms with E-state index < -0.39 is 5.97 Å². The number of nitrogens with one attached hydrogen (secondary N) is 1. The van der Waals surface area contributed by atoms with Gasteiger partial charge in [-0.1, -0.05) is 6.92 Å². The van der Waals surface area contributed by atoms with E-state index in [4.69, 9.17) is 5.11 Å².